The SMILES string of the molecule is c1coc(C2(C3CCNC3)CCCC2)c1. The fourth-order valence-corrected chi connectivity index (χ4v) is 3.55. The zero-order valence-corrected chi connectivity index (χ0v) is 9.17. The Morgan fingerprint density at radius 2 is 2.20 bits per heavy atom. The van der Waals surface area contributed by atoms with Crippen molar-refractivity contribution in [2.24, 2.45) is 5.92 Å². The Balaban J connectivity index is 1.94. The van der Waals surface area contributed by atoms with Crippen molar-refractivity contribution in [1.29, 1.82) is 0 Å². The first-order valence-electron chi connectivity index (χ1n) is 6.16. The van der Waals surface area contributed by atoms with Gasteiger partial charge in [0.2, 0.25) is 0 Å². The van der Waals surface area contributed by atoms with Gasteiger partial charge in [-0.15, -0.1) is 0 Å². The average molecular weight is 205 g/mol. The molecule has 0 bridgehead atoms. The van der Waals surface area contributed by atoms with E-state index in [1.807, 2.05) is 12.3 Å². The number of hydrogen-bond donors (Lipinski definition) is 1. The van der Waals surface area contributed by atoms with Gasteiger partial charge in [-0.1, -0.05) is 12.8 Å². The average Bonchev–Trinajstić information content (AvgIpc) is 3.02. The van der Waals surface area contributed by atoms with Gasteiger partial charge in [-0.25, -0.2) is 0 Å². The fourth-order valence-electron chi connectivity index (χ4n) is 3.55. The summed E-state index contributed by atoms with van der Waals surface area (Å²) in [6.45, 7) is 2.37. The highest BCUT2D eigenvalue weighted by Gasteiger charge is 2.45. The van der Waals surface area contributed by atoms with Crippen LogP contribution in [0, 0.1) is 5.92 Å². The van der Waals surface area contributed by atoms with Crippen molar-refractivity contribution in [3.63, 3.8) is 0 Å². The van der Waals surface area contributed by atoms with E-state index in [1.54, 1.807) is 0 Å². The van der Waals surface area contributed by atoms with Gasteiger partial charge in [0.05, 0.1) is 6.26 Å². The number of nitrogens with one attached hydrogen (secondary N) is 1. The first kappa shape index (κ1) is 9.46. The van der Waals surface area contributed by atoms with Gasteiger partial charge in [-0.05, 0) is 50.4 Å². The van der Waals surface area contributed by atoms with Gasteiger partial charge < -0.3 is 9.73 Å². The molecule has 82 valence electrons. The molecule has 1 saturated carbocycles. The molecule has 0 amide bonds. The van der Waals surface area contributed by atoms with Gasteiger partial charge in [-0.3, -0.25) is 0 Å². The second kappa shape index (κ2) is 3.67. The third-order valence-electron chi connectivity index (χ3n) is 4.35. The summed E-state index contributed by atoms with van der Waals surface area (Å²) in [5, 5.41) is 3.49. The van der Waals surface area contributed by atoms with E-state index in [0.29, 0.717) is 5.41 Å². The van der Waals surface area contributed by atoms with Gasteiger partial charge in [0, 0.05) is 5.41 Å². The summed E-state index contributed by atoms with van der Waals surface area (Å²) in [5.41, 5.74) is 0.368. The van der Waals surface area contributed by atoms with Gasteiger partial charge in [0.1, 0.15) is 5.76 Å². The normalized spacial score (nSPS) is 29.7. The topological polar surface area (TPSA) is 25.2 Å². The maximum absolute atomic E-state index is 5.71. The molecule has 2 heterocycles. The van der Waals surface area contributed by atoms with Crippen molar-refractivity contribution >= 4 is 0 Å². The summed E-state index contributed by atoms with van der Waals surface area (Å²) in [7, 11) is 0. The Labute approximate surface area is 91.0 Å². The van der Waals surface area contributed by atoms with E-state index in [4.69, 9.17) is 4.42 Å². The van der Waals surface area contributed by atoms with Crippen molar-refractivity contribution in [2.75, 3.05) is 13.1 Å². The Bertz CT molecular complexity index is 305. The Hall–Kier alpha value is -0.760. The van der Waals surface area contributed by atoms with Gasteiger partial charge in [0.25, 0.3) is 0 Å². The first-order chi connectivity index (χ1) is 7.42. The highest BCUT2D eigenvalue weighted by Crippen LogP contribution is 2.48. The van der Waals surface area contributed by atoms with Crippen molar-refractivity contribution in [1.82, 2.24) is 5.32 Å². The van der Waals surface area contributed by atoms with Crippen LogP contribution in [-0.2, 0) is 5.41 Å². The van der Waals surface area contributed by atoms with Crippen LogP contribution in [0.15, 0.2) is 22.8 Å². The molecule has 0 radical (unpaired) electrons. The second-order valence-corrected chi connectivity index (χ2v) is 5.03. The standard InChI is InChI=1S/C13H19NO/c1-2-7-13(6-1,11-5-8-14-10-11)12-4-3-9-15-12/h3-4,9,11,14H,1-2,5-8,10H2. The first-order valence-corrected chi connectivity index (χ1v) is 6.16. The zero-order chi connectivity index (χ0) is 10.1. The number of furan rings is 1. The molecule has 3 rings (SSSR count). The van der Waals surface area contributed by atoms with Crippen LogP contribution in [0.5, 0.6) is 0 Å². The number of rotatable bonds is 2. The molecule has 1 aromatic rings. The molecule has 2 fully saturated rings. The molecule has 1 aliphatic carbocycles. The lowest BCUT2D eigenvalue weighted by Crippen LogP contribution is -2.33. The van der Waals surface area contributed by atoms with Crippen molar-refractivity contribution in [3.05, 3.63) is 24.2 Å². The summed E-state index contributed by atoms with van der Waals surface area (Å²) in [5.74, 6) is 2.04. The van der Waals surface area contributed by atoms with Crippen LogP contribution in [0.4, 0.5) is 0 Å². The predicted octanol–water partition coefficient (Wildman–Crippen LogP) is 2.70. The molecular weight excluding hydrogens is 186 g/mol. The monoisotopic (exact) mass is 205 g/mol. The molecule has 15 heavy (non-hydrogen) atoms. The van der Waals surface area contributed by atoms with Crippen LogP contribution < -0.4 is 5.32 Å². The van der Waals surface area contributed by atoms with Crippen LogP contribution in [-0.4, -0.2) is 13.1 Å². The highest BCUT2D eigenvalue weighted by molar-refractivity contribution is 5.19. The summed E-state index contributed by atoms with van der Waals surface area (Å²) >= 11 is 0. The lowest BCUT2D eigenvalue weighted by Gasteiger charge is -2.33. The van der Waals surface area contributed by atoms with E-state index < -0.39 is 0 Å². The van der Waals surface area contributed by atoms with Crippen LogP contribution in [0.25, 0.3) is 0 Å². The van der Waals surface area contributed by atoms with Gasteiger partial charge >= 0.3 is 0 Å². The van der Waals surface area contributed by atoms with Crippen LogP contribution >= 0.6 is 0 Å². The second-order valence-electron chi connectivity index (χ2n) is 5.03. The molecule has 0 aromatic carbocycles. The molecular formula is C13H19NO. The maximum atomic E-state index is 5.71. The molecule has 1 unspecified atom stereocenters. The van der Waals surface area contributed by atoms with Gasteiger partial charge in [-0.2, -0.15) is 0 Å². The fraction of sp³-hybridized carbons (Fsp3) is 0.692. The summed E-state index contributed by atoms with van der Waals surface area (Å²) in [6, 6.07) is 4.22. The van der Waals surface area contributed by atoms with Crippen molar-refractivity contribution in [2.45, 2.75) is 37.5 Å². The minimum atomic E-state index is 0.368. The maximum Gasteiger partial charge on any atom is 0.110 e. The van der Waals surface area contributed by atoms with Crippen LogP contribution in [0.3, 0.4) is 0 Å². The molecule has 1 saturated heterocycles. The minimum absolute atomic E-state index is 0.368. The lowest BCUT2D eigenvalue weighted by molar-refractivity contribution is 0.240. The zero-order valence-electron chi connectivity index (χ0n) is 9.17. The summed E-state index contributed by atoms with van der Waals surface area (Å²) < 4.78 is 5.71. The van der Waals surface area contributed by atoms with Gasteiger partial charge in [0.15, 0.2) is 0 Å². The molecule has 2 aliphatic rings. The smallest absolute Gasteiger partial charge is 0.110 e. The molecule has 2 heteroatoms. The van der Waals surface area contributed by atoms with E-state index in [2.05, 4.69) is 11.4 Å². The Kier molecular flexibility index (Phi) is 2.32. The van der Waals surface area contributed by atoms with E-state index in [1.165, 1.54) is 51.0 Å². The molecule has 1 aliphatic heterocycles. The number of hydrogen-bond acceptors (Lipinski definition) is 2. The molecule has 1 aromatic heterocycles. The van der Waals surface area contributed by atoms with E-state index in [-0.39, 0.29) is 0 Å². The lowest BCUT2D eigenvalue weighted by atomic mass is 9.71. The minimum Gasteiger partial charge on any atom is -0.469 e. The van der Waals surface area contributed by atoms with Crippen molar-refractivity contribution in [3.8, 4) is 0 Å². The molecule has 2 nitrogen and oxygen atoms in total. The Morgan fingerprint density at radius 1 is 1.33 bits per heavy atom. The van der Waals surface area contributed by atoms with E-state index in [9.17, 15) is 0 Å². The van der Waals surface area contributed by atoms with Crippen LogP contribution in [0.1, 0.15) is 37.9 Å². The van der Waals surface area contributed by atoms with E-state index in [0.717, 1.165) is 5.92 Å². The van der Waals surface area contributed by atoms with E-state index >= 15 is 0 Å². The third kappa shape index (κ3) is 1.43. The van der Waals surface area contributed by atoms with Crippen molar-refractivity contribution < 1.29 is 4.42 Å². The summed E-state index contributed by atoms with van der Waals surface area (Å²) in [4.78, 5) is 0. The Morgan fingerprint density at radius 3 is 2.80 bits per heavy atom. The molecule has 1 N–H and O–H groups in total. The quantitative estimate of drug-likeness (QED) is 0.803. The molecule has 0 spiro atoms. The predicted molar refractivity (Wildman–Crippen MR) is 59.8 cm³/mol. The largest absolute Gasteiger partial charge is 0.469 e. The highest BCUT2D eigenvalue weighted by atomic mass is 16.3. The summed E-state index contributed by atoms with van der Waals surface area (Å²) in [6.07, 6.45) is 8.55. The third-order valence-corrected chi connectivity index (χ3v) is 4.35. The molecule has 1 atom stereocenters. The van der Waals surface area contributed by atoms with Crippen LogP contribution in [0.2, 0.25) is 0 Å².